The Morgan fingerprint density at radius 2 is 2.27 bits per heavy atom. The third kappa shape index (κ3) is 2.70. The number of halogens is 2. The fourth-order valence-corrected chi connectivity index (χ4v) is 1.36. The molecule has 0 amide bonds. The number of ether oxygens (including phenoxy) is 1. The van der Waals surface area contributed by atoms with Crippen molar-refractivity contribution >= 4 is 22.6 Å². The Balaban J connectivity index is 3.29. The van der Waals surface area contributed by atoms with Crippen LogP contribution in [0.1, 0.15) is 5.56 Å². The van der Waals surface area contributed by atoms with E-state index in [-0.39, 0.29) is 16.3 Å². The molecule has 1 N–H and O–H groups in total. The van der Waals surface area contributed by atoms with Crippen molar-refractivity contribution in [1.29, 1.82) is 0 Å². The van der Waals surface area contributed by atoms with E-state index < -0.39 is 11.8 Å². The Hall–Kier alpha value is -1.55. The molecule has 0 fully saturated rings. The zero-order valence-electron chi connectivity index (χ0n) is 7.83. The van der Waals surface area contributed by atoms with Crippen molar-refractivity contribution in [3.05, 3.63) is 35.7 Å². The molecular weight excluding hydrogens is 223 g/mol. The van der Waals surface area contributed by atoms with E-state index in [1.807, 2.05) is 0 Å². The smallest absolute Gasteiger partial charge is 0.329 e. The molecule has 0 spiro atoms. The standard InChI is InChI=1S/C10H8ClFO3/c1-15-8-4-2-3-7(12)10(8)6(11)5-9(13)14/h2-5H,1H3,(H,13,14)/b6-5-. The van der Waals surface area contributed by atoms with Gasteiger partial charge in [0.05, 0.1) is 17.7 Å². The van der Waals surface area contributed by atoms with Crippen LogP contribution in [0.3, 0.4) is 0 Å². The lowest BCUT2D eigenvalue weighted by molar-refractivity contribution is -0.131. The summed E-state index contributed by atoms with van der Waals surface area (Å²) in [5.41, 5.74) is -0.0518. The first-order valence-corrected chi connectivity index (χ1v) is 4.37. The maximum absolute atomic E-state index is 13.3. The van der Waals surface area contributed by atoms with Crippen LogP contribution in [0.5, 0.6) is 5.75 Å². The van der Waals surface area contributed by atoms with Gasteiger partial charge in [-0.1, -0.05) is 17.7 Å². The summed E-state index contributed by atoms with van der Waals surface area (Å²) in [5.74, 6) is -1.68. The Labute approximate surface area is 90.7 Å². The van der Waals surface area contributed by atoms with Gasteiger partial charge in [-0.25, -0.2) is 9.18 Å². The highest BCUT2D eigenvalue weighted by atomic mass is 35.5. The minimum Gasteiger partial charge on any atom is -0.496 e. The molecule has 0 aliphatic rings. The summed E-state index contributed by atoms with van der Waals surface area (Å²) >= 11 is 5.65. The zero-order chi connectivity index (χ0) is 11.4. The first-order chi connectivity index (χ1) is 7.06. The second-order valence-electron chi connectivity index (χ2n) is 2.65. The molecule has 0 aliphatic carbocycles. The summed E-state index contributed by atoms with van der Waals surface area (Å²) in [4.78, 5) is 10.4. The second-order valence-corrected chi connectivity index (χ2v) is 3.05. The largest absolute Gasteiger partial charge is 0.496 e. The fourth-order valence-electron chi connectivity index (χ4n) is 1.09. The number of carbonyl (C=O) groups is 1. The van der Waals surface area contributed by atoms with Gasteiger partial charge in [0, 0.05) is 6.08 Å². The average molecular weight is 231 g/mol. The van der Waals surface area contributed by atoms with Gasteiger partial charge in [-0.05, 0) is 12.1 Å². The summed E-state index contributed by atoms with van der Waals surface area (Å²) in [5, 5.41) is 8.26. The average Bonchev–Trinajstić information content (AvgIpc) is 2.15. The normalized spacial score (nSPS) is 11.3. The van der Waals surface area contributed by atoms with Gasteiger partial charge >= 0.3 is 5.97 Å². The summed E-state index contributed by atoms with van der Waals surface area (Å²) in [6.07, 6.45) is 0.711. The molecule has 5 heteroatoms. The first kappa shape index (κ1) is 11.5. The second kappa shape index (κ2) is 4.79. The lowest BCUT2D eigenvalue weighted by Gasteiger charge is -2.07. The molecule has 3 nitrogen and oxygen atoms in total. The predicted octanol–water partition coefficient (Wildman–Crippen LogP) is 2.50. The summed E-state index contributed by atoms with van der Waals surface area (Å²) in [6, 6.07) is 4.12. The van der Waals surface area contributed by atoms with Crippen LogP contribution in [0.2, 0.25) is 0 Å². The molecular formula is C10H8ClFO3. The van der Waals surface area contributed by atoms with Crippen molar-refractivity contribution in [2.24, 2.45) is 0 Å². The van der Waals surface area contributed by atoms with Crippen molar-refractivity contribution < 1.29 is 19.0 Å². The van der Waals surface area contributed by atoms with Gasteiger partial charge in [0.2, 0.25) is 0 Å². The van der Waals surface area contributed by atoms with Gasteiger partial charge < -0.3 is 9.84 Å². The van der Waals surface area contributed by atoms with E-state index in [4.69, 9.17) is 21.4 Å². The van der Waals surface area contributed by atoms with Gasteiger partial charge in [-0.2, -0.15) is 0 Å². The Kier molecular flexibility index (Phi) is 3.68. The van der Waals surface area contributed by atoms with Crippen LogP contribution in [0.15, 0.2) is 24.3 Å². The van der Waals surface area contributed by atoms with Crippen LogP contribution in [0.4, 0.5) is 4.39 Å². The minimum atomic E-state index is -1.25. The van der Waals surface area contributed by atoms with Crippen molar-refractivity contribution in [3.8, 4) is 5.75 Å². The van der Waals surface area contributed by atoms with Gasteiger partial charge in [0.25, 0.3) is 0 Å². The Morgan fingerprint density at radius 3 is 2.80 bits per heavy atom. The monoisotopic (exact) mass is 230 g/mol. The summed E-state index contributed by atoms with van der Waals surface area (Å²) in [6.45, 7) is 0. The molecule has 0 unspecified atom stereocenters. The highest BCUT2D eigenvalue weighted by Crippen LogP contribution is 2.30. The van der Waals surface area contributed by atoms with Crippen LogP contribution >= 0.6 is 11.6 Å². The molecule has 0 aromatic heterocycles. The number of carboxylic acids is 1. The maximum atomic E-state index is 13.3. The van der Waals surface area contributed by atoms with E-state index in [1.54, 1.807) is 0 Å². The molecule has 0 saturated heterocycles. The highest BCUT2D eigenvalue weighted by Gasteiger charge is 2.13. The van der Waals surface area contributed by atoms with E-state index >= 15 is 0 Å². The number of methoxy groups -OCH3 is 1. The van der Waals surface area contributed by atoms with Crippen LogP contribution in [-0.2, 0) is 4.79 Å². The number of aliphatic carboxylic acids is 1. The molecule has 0 saturated carbocycles. The van der Waals surface area contributed by atoms with Gasteiger partial charge in [-0.15, -0.1) is 0 Å². The lowest BCUT2D eigenvalue weighted by Crippen LogP contribution is -1.95. The van der Waals surface area contributed by atoms with Crippen LogP contribution < -0.4 is 4.74 Å². The first-order valence-electron chi connectivity index (χ1n) is 3.99. The van der Waals surface area contributed by atoms with Crippen LogP contribution in [-0.4, -0.2) is 18.2 Å². The third-order valence-electron chi connectivity index (χ3n) is 1.68. The SMILES string of the molecule is COc1cccc(F)c1/C(Cl)=C/C(=O)O. The van der Waals surface area contributed by atoms with Crippen molar-refractivity contribution in [3.63, 3.8) is 0 Å². The Bertz CT molecular complexity index is 415. The Morgan fingerprint density at radius 1 is 1.60 bits per heavy atom. The molecule has 0 bridgehead atoms. The maximum Gasteiger partial charge on any atom is 0.329 e. The van der Waals surface area contributed by atoms with E-state index in [0.717, 1.165) is 0 Å². The zero-order valence-corrected chi connectivity index (χ0v) is 8.58. The van der Waals surface area contributed by atoms with Gasteiger partial charge in [0.1, 0.15) is 11.6 Å². The van der Waals surface area contributed by atoms with Gasteiger partial charge in [0.15, 0.2) is 0 Å². The molecule has 15 heavy (non-hydrogen) atoms. The molecule has 0 heterocycles. The molecule has 1 aromatic carbocycles. The van der Waals surface area contributed by atoms with Crippen molar-refractivity contribution in [1.82, 2.24) is 0 Å². The molecule has 1 rings (SSSR count). The topological polar surface area (TPSA) is 46.5 Å². The quantitative estimate of drug-likeness (QED) is 0.812. The van der Waals surface area contributed by atoms with Crippen molar-refractivity contribution in [2.45, 2.75) is 0 Å². The van der Waals surface area contributed by atoms with Gasteiger partial charge in [-0.3, -0.25) is 0 Å². The number of hydrogen-bond acceptors (Lipinski definition) is 2. The molecule has 0 radical (unpaired) electrons. The summed E-state index contributed by atoms with van der Waals surface area (Å²) in [7, 11) is 1.35. The van der Waals surface area contributed by atoms with Crippen LogP contribution in [0, 0.1) is 5.82 Å². The number of hydrogen-bond donors (Lipinski definition) is 1. The fraction of sp³-hybridized carbons (Fsp3) is 0.100. The molecule has 0 aliphatic heterocycles. The highest BCUT2D eigenvalue weighted by molar-refractivity contribution is 6.50. The van der Waals surface area contributed by atoms with E-state index in [1.165, 1.54) is 25.3 Å². The number of benzene rings is 1. The molecule has 80 valence electrons. The number of rotatable bonds is 3. The number of carboxylic acid groups (broad SMARTS) is 1. The van der Waals surface area contributed by atoms with Crippen molar-refractivity contribution in [2.75, 3.05) is 7.11 Å². The van der Waals surface area contributed by atoms with E-state index in [0.29, 0.717) is 6.08 Å². The minimum absolute atomic E-state index is 0.0518. The molecule has 0 atom stereocenters. The van der Waals surface area contributed by atoms with E-state index in [9.17, 15) is 9.18 Å². The van der Waals surface area contributed by atoms with E-state index in [2.05, 4.69) is 0 Å². The van der Waals surface area contributed by atoms with Crippen LogP contribution in [0.25, 0.3) is 5.03 Å². The summed E-state index contributed by atoms with van der Waals surface area (Å²) < 4.78 is 18.2. The predicted molar refractivity (Wildman–Crippen MR) is 54.4 cm³/mol. The lowest BCUT2D eigenvalue weighted by atomic mass is 10.1. The third-order valence-corrected chi connectivity index (χ3v) is 1.98. The molecule has 1 aromatic rings.